The molecule has 0 N–H and O–H groups in total. The normalized spacial score (nSPS) is 19.5. The molecule has 1 atom stereocenters. The van der Waals surface area contributed by atoms with E-state index >= 15 is 0 Å². The number of rotatable bonds is 5. The summed E-state index contributed by atoms with van der Waals surface area (Å²) < 4.78 is 9.58. The van der Waals surface area contributed by atoms with Gasteiger partial charge in [0.1, 0.15) is 5.82 Å². The van der Waals surface area contributed by atoms with Crippen LogP contribution in [0, 0.1) is 0 Å². The van der Waals surface area contributed by atoms with Crippen LogP contribution in [-0.2, 0) is 11.2 Å². The number of hydrogen-bond donors (Lipinski definition) is 0. The van der Waals surface area contributed by atoms with Gasteiger partial charge in [-0.3, -0.25) is 0 Å². The second-order valence-electron chi connectivity index (χ2n) is 5.62. The fourth-order valence-electron chi connectivity index (χ4n) is 2.77. The summed E-state index contributed by atoms with van der Waals surface area (Å²) in [5.74, 6) is 0.882. The molecule has 1 aliphatic rings. The lowest BCUT2D eigenvalue weighted by Gasteiger charge is -2.40. The molecule has 1 aliphatic heterocycles. The summed E-state index contributed by atoms with van der Waals surface area (Å²) in [7, 11) is 3.89. The molecule has 5 nitrogen and oxygen atoms in total. The van der Waals surface area contributed by atoms with Gasteiger partial charge in [0.2, 0.25) is 5.13 Å². The zero-order chi connectivity index (χ0) is 15.4. The van der Waals surface area contributed by atoms with E-state index < -0.39 is 0 Å². The van der Waals surface area contributed by atoms with Gasteiger partial charge in [-0.15, -0.1) is 0 Å². The van der Waals surface area contributed by atoms with Gasteiger partial charge in [0, 0.05) is 44.7 Å². The Bertz CT molecular complexity index is 589. The summed E-state index contributed by atoms with van der Waals surface area (Å²) in [6.45, 7) is 3.71. The highest BCUT2D eigenvalue weighted by Crippen LogP contribution is 2.31. The zero-order valence-corrected chi connectivity index (χ0v) is 13.9. The fraction of sp³-hybridized carbons (Fsp3) is 0.500. The van der Waals surface area contributed by atoms with Crippen molar-refractivity contribution in [2.75, 3.05) is 45.3 Å². The van der Waals surface area contributed by atoms with Crippen molar-refractivity contribution in [3.8, 4) is 0 Å². The summed E-state index contributed by atoms with van der Waals surface area (Å²) in [5.41, 5.74) is 1.34. The molecule has 0 radical (unpaired) electrons. The van der Waals surface area contributed by atoms with Crippen LogP contribution in [0.1, 0.15) is 17.4 Å². The number of hydrogen-bond acceptors (Lipinski definition) is 6. The highest BCUT2D eigenvalue weighted by atomic mass is 32.1. The van der Waals surface area contributed by atoms with Crippen LogP contribution in [0.4, 0.5) is 5.13 Å². The van der Waals surface area contributed by atoms with Crippen LogP contribution in [0.2, 0.25) is 0 Å². The predicted molar refractivity (Wildman–Crippen MR) is 89.5 cm³/mol. The Morgan fingerprint density at radius 1 is 1.27 bits per heavy atom. The maximum atomic E-state index is 5.11. The second-order valence-corrected chi connectivity index (χ2v) is 6.35. The van der Waals surface area contributed by atoms with Crippen LogP contribution in [0.5, 0.6) is 0 Å². The third kappa shape index (κ3) is 3.45. The third-order valence-electron chi connectivity index (χ3n) is 4.00. The number of aromatic nitrogens is 2. The zero-order valence-electron chi connectivity index (χ0n) is 13.1. The van der Waals surface area contributed by atoms with E-state index in [2.05, 4.69) is 51.6 Å². The highest BCUT2D eigenvalue weighted by Gasteiger charge is 2.28. The Morgan fingerprint density at radius 3 is 2.86 bits per heavy atom. The fourth-order valence-corrected chi connectivity index (χ4v) is 3.55. The Labute approximate surface area is 135 Å². The van der Waals surface area contributed by atoms with Crippen molar-refractivity contribution in [3.63, 3.8) is 0 Å². The largest absolute Gasteiger partial charge is 0.384 e. The number of piperazine rings is 1. The van der Waals surface area contributed by atoms with Crippen molar-refractivity contribution in [2.24, 2.45) is 0 Å². The number of nitrogens with zero attached hydrogens (tertiary/aromatic N) is 4. The van der Waals surface area contributed by atoms with Gasteiger partial charge < -0.3 is 14.5 Å². The number of anilines is 1. The molecule has 6 heteroatoms. The van der Waals surface area contributed by atoms with Gasteiger partial charge in [0.05, 0.1) is 12.6 Å². The first-order valence-electron chi connectivity index (χ1n) is 7.59. The van der Waals surface area contributed by atoms with E-state index in [9.17, 15) is 0 Å². The molecular weight excluding hydrogens is 296 g/mol. The standard InChI is InChI=1S/C16H22N4OS/c1-19-9-10-20(14(12-19)13-6-4-3-5-7-13)16-17-15(18-22-16)8-11-21-2/h3-7,14H,8-12H2,1-2H3. The molecule has 118 valence electrons. The summed E-state index contributed by atoms with van der Waals surface area (Å²) in [6.07, 6.45) is 0.775. The molecule has 1 aromatic heterocycles. The van der Waals surface area contributed by atoms with E-state index in [0.29, 0.717) is 12.6 Å². The molecule has 22 heavy (non-hydrogen) atoms. The lowest BCUT2D eigenvalue weighted by molar-refractivity contribution is 0.201. The summed E-state index contributed by atoms with van der Waals surface area (Å²) >= 11 is 1.50. The van der Waals surface area contributed by atoms with Crippen molar-refractivity contribution in [2.45, 2.75) is 12.5 Å². The lowest BCUT2D eigenvalue weighted by atomic mass is 10.0. The van der Waals surface area contributed by atoms with Crippen molar-refractivity contribution in [1.82, 2.24) is 14.3 Å². The minimum atomic E-state index is 0.336. The molecule has 1 saturated heterocycles. The molecule has 0 amide bonds. The SMILES string of the molecule is COCCc1nsc(N2CCN(C)CC2c2ccccc2)n1. The average molecular weight is 318 g/mol. The summed E-state index contributed by atoms with van der Waals surface area (Å²) in [4.78, 5) is 9.48. The van der Waals surface area contributed by atoms with Crippen molar-refractivity contribution in [3.05, 3.63) is 41.7 Å². The number of likely N-dealkylation sites (N-methyl/N-ethyl adjacent to an activating group) is 1. The van der Waals surface area contributed by atoms with E-state index in [-0.39, 0.29) is 0 Å². The van der Waals surface area contributed by atoms with Crippen LogP contribution in [-0.4, -0.2) is 54.7 Å². The van der Waals surface area contributed by atoms with E-state index in [4.69, 9.17) is 9.72 Å². The minimum absolute atomic E-state index is 0.336. The summed E-state index contributed by atoms with van der Waals surface area (Å²) in [5, 5.41) is 1.02. The average Bonchev–Trinajstić information content (AvgIpc) is 3.02. The Hall–Kier alpha value is -1.50. The monoisotopic (exact) mass is 318 g/mol. The van der Waals surface area contributed by atoms with Crippen molar-refractivity contribution >= 4 is 16.7 Å². The molecule has 0 bridgehead atoms. The Morgan fingerprint density at radius 2 is 2.09 bits per heavy atom. The highest BCUT2D eigenvalue weighted by molar-refractivity contribution is 7.09. The molecule has 0 aliphatic carbocycles. The number of ether oxygens (including phenoxy) is 1. The molecule has 0 spiro atoms. The Kier molecular flexibility index (Phi) is 5.02. The third-order valence-corrected chi connectivity index (χ3v) is 4.79. The molecule has 1 aromatic carbocycles. The molecular formula is C16H22N4OS. The van der Waals surface area contributed by atoms with E-state index in [1.165, 1.54) is 17.1 Å². The topological polar surface area (TPSA) is 41.5 Å². The summed E-state index contributed by atoms with van der Waals surface area (Å²) in [6, 6.07) is 11.0. The van der Waals surface area contributed by atoms with Gasteiger partial charge in [-0.1, -0.05) is 30.3 Å². The first-order chi connectivity index (χ1) is 10.8. The van der Waals surface area contributed by atoms with Crippen molar-refractivity contribution in [1.29, 1.82) is 0 Å². The predicted octanol–water partition coefficient (Wildman–Crippen LogP) is 2.22. The number of methoxy groups -OCH3 is 1. The van der Waals surface area contributed by atoms with E-state index in [1.54, 1.807) is 7.11 Å². The van der Waals surface area contributed by atoms with E-state index in [1.807, 2.05) is 0 Å². The second kappa shape index (κ2) is 7.17. The lowest BCUT2D eigenvalue weighted by Crippen LogP contribution is -2.46. The molecule has 0 saturated carbocycles. The van der Waals surface area contributed by atoms with E-state index in [0.717, 1.165) is 37.0 Å². The van der Waals surface area contributed by atoms with Crippen LogP contribution < -0.4 is 4.90 Å². The van der Waals surface area contributed by atoms with Crippen LogP contribution in [0.3, 0.4) is 0 Å². The van der Waals surface area contributed by atoms with Gasteiger partial charge in [-0.25, -0.2) is 4.98 Å². The quantitative estimate of drug-likeness (QED) is 0.845. The van der Waals surface area contributed by atoms with Gasteiger partial charge in [0.25, 0.3) is 0 Å². The van der Waals surface area contributed by atoms with Crippen LogP contribution in [0.25, 0.3) is 0 Å². The first kappa shape index (κ1) is 15.4. The van der Waals surface area contributed by atoms with Crippen LogP contribution >= 0.6 is 11.5 Å². The minimum Gasteiger partial charge on any atom is -0.384 e. The van der Waals surface area contributed by atoms with Crippen molar-refractivity contribution < 1.29 is 4.74 Å². The molecule has 2 heterocycles. The van der Waals surface area contributed by atoms with Gasteiger partial charge in [0.15, 0.2) is 0 Å². The maximum Gasteiger partial charge on any atom is 0.205 e. The van der Waals surface area contributed by atoms with Gasteiger partial charge in [-0.05, 0) is 12.6 Å². The number of benzene rings is 1. The maximum absolute atomic E-state index is 5.11. The molecule has 1 unspecified atom stereocenters. The molecule has 1 fully saturated rings. The molecule has 3 rings (SSSR count). The van der Waals surface area contributed by atoms with Gasteiger partial charge >= 0.3 is 0 Å². The molecule has 2 aromatic rings. The Balaban J connectivity index is 1.81. The van der Waals surface area contributed by atoms with Gasteiger partial charge in [-0.2, -0.15) is 4.37 Å². The van der Waals surface area contributed by atoms with Crippen LogP contribution in [0.15, 0.2) is 30.3 Å². The smallest absolute Gasteiger partial charge is 0.205 e. The first-order valence-corrected chi connectivity index (χ1v) is 8.37.